The molecule has 0 spiro atoms. The second-order valence-corrected chi connectivity index (χ2v) is 5.40. The van der Waals surface area contributed by atoms with Gasteiger partial charge in [-0.05, 0) is 18.9 Å². The summed E-state index contributed by atoms with van der Waals surface area (Å²) in [6.07, 6.45) is -6.75. The molecular weight excluding hydrogens is 304 g/mol. The van der Waals surface area contributed by atoms with Crippen LogP contribution in [0.15, 0.2) is 30.3 Å². The number of hydrogen-bond donors (Lipinski definition) is 7. The standard InChI is InChI=1S/C15H24N2O6/c1-9(7-10-5-3-2-4-6-10)16-17-15(23)14(22)13(21)12(20)11(19)8-18/h2-6,9,11-14,16,18-22H,7-8H2,1H3,(H,17,23)/t9-,11-,12-,13+,14-/m1/s1. The molecule has 0 aliphatic heterocycles. The highest BCUT2D eigenvalue weighted by Crippen LogP contribution is 2.05. The zero-order chi connectivity index (χ0) is 17.4. The Morgan fingerprint density at radius 2 is 1.70 bits per heavy atom. The van der Waals surface area contributed by atoms with E-state index in [0.717, 1.165) is 5.56 Å². The summed E-state index contributed by atoms with van der Waals surface area (Å²) in [5.74, 6) is -0.957. The number of amides is 1. The highest BCUT2D eigenvalue weighted by molar-refractivity contribution is 5.80. The number of nitrogens with one attached hydrogen (secondary N) is 2. The minimum absolute atomic E-state index is 0.140. The number of carbonyl (C=O) groups excluding carboxylic acids is 1. The molecule has 8 nitrogen and oxygen atoms in total. The Hall–Kier alpha value is -1.55. The molecule has 0 unspecified atom stereocenters. The van der Waals surface area contributed by atoms with E-state index in [9.17, 15) is 25.2 Å². The van der Waals surface area contributed by atoms with Gasteiger partial charge >= 0.3 is 0 Å². The maximum Gasteiger partial charge on any atom is 0.265 e. The molecule has 8 heteroatoms. The summed E-state index contributed by atoms with van der Waals surface area (Å²) >= 11 is 0. The third kappa shape index (κ3) is 6.22. The third-order valence-corrected chi connectivity index (χ3v) is 3.35. The van der Waals surface area contributed by atoms with Crippen molar-refractivity contribution in [3.05, 3.63) is 35.9 Å². The Labute approximate surface area is 134 Å². The summed E-state index contributed by atoms with van der Waals surface area (Å²) in [5, 5.41) is 46.6. The van der Waals surface area contributed by atoms with Gasteiger partial charge in [-0.1, -0.05) is 30.3 Å². The summed E-state index contributed by atoms with van der Waals surface area (Å²) in [6.45, 7) is 1.01. The quantitative estimate of drug-likeness (QED) is 0.252. The number of hydrazine groups is 1. The first-order chi connectivity index (χ1) is 10.9. The van der Waals surface area contributed by atoms with Gasteiger partial charge in [-0.25, -0.2) is 5.43 Å². The summed E-state index contributed by atoms with van der Waals surface area (Å²) in [6, 6.07) is 9.42. The van der Waals surface area contributed by atoms with Gasteiger partial charge in [0.15, 0.2) is 6.10 Å². The van der Waals surface area contributed by atoms with Crippen molar-refractivity contribution < 1.29 is 30.3 Å². The SMILES string of the molecule is C[C@H](Cc1ccccc1)NNC(=O)[C@H](O)[C@@H](O)[C@H](O)[C@H](O)CO. The van der Waals surface area contributed by atoms with Crippen LogP contribution in [-0.2, 0) is 11.2 Å². The van der Waals surface area contributed by atoms with Gasteiger partial charge in [0.25, 0.3) is 5.91 Å². The van der Waals surface area contributed by atoms with Crippen molar-refractivity contribution in [3.8, 4) is 0 Å². The lowest BCUT2D eigenvalue weighted by Crippen LogP contribution is -2.55. The van der Waals surface area contributed by atoms with E-state index in [-0.39, 0.29) is 6.04 Å². The fourth-order valence-electron chi connectivity index (χ4n) is 1.96. The molecule has 1 aromatic rings. The van der Waals surface area contributed by atoms with Gasteiger partial charge in [0.2, 0.25) is 0 Å². The van der Waals surface area contributed by atoms with Crippen molar-refractivity contribution in [3.63, 3.8) is 0 Å². The van der Waals surface area contributed by atoms with Crippen LogP contribution in [0.4, 0.5) is 0 Å². The highest BCUT2D eigenvalue weighted by atomic mass is 16.4. The van der Waals surface area contributed by atoms with Gasteiger partial charge in [0.05, 0.1) is 6.61 Å². The van der Waals surface area contributed by atoms with E-state index in [4.69, 9.17) is 5.11 Å². The molecule has 23 heavy (non-hydrogen) atoms. The lowest BCUT2D eigenvalue weighted by molar-refractivity contribution is -0.150. The molecule has 0 fully saturated rings. The minimum Gasteiger partial charge on any atom is -0.394 e. The van der Waals surface area contributed by atoms with E-state index in [1.54, 1.807) is 0 Å². The van der Waals surface area contributed by atoms with Crippen molar-refractivity contribution in [2.24, 2.45) is 0 Å². The van der Waals surface area contributed by atoms with Crippen LogP contribution >= 0.6 is 0 Å². The Balaban J connectivity index is 2.42. The number of carbonyl (C=O) groups is 1. The van der Waals surface area contributed by atoms with Crippen molar-refractivity contribution in [1.29, 1.82) is 0 Å². The molecule has 0 aliphatic rings. The lowest BCUT2D eigenvalue weighted by Gasteiger charge is -2.25. The maximum atomic E-state index is 11.7. The van der Waals surface area contributed by atoms with Crippen LogP contribution in [0.5, 0.6) is 0 Å². The number of aliphatic hydroxyl groups excluding tert-OH is 5. The second-order valence-electron chi connectivity index (χ2n) is 5.40. The van der Waals surface area contributed by atoms with Crippen LogP contribution in [0, 0.1) is 0 Å². The molecule has 1 aromatic carbocycles. The van der Waals surface area contributed by atoms with Crippen LogP contribution in [0.3, 0.4) is 0 Å². The Morgan fingerprint density at radius 3 is 2.26 bits per heavy atom. The first-order valence-corrected chi connectivity index (χ1v) is 7.29. The third-order valence-electron chi connectivity index (χ3n) is 3.35. The zero-order valence-electron chi connectivity index (χ0n) is 12.8. The molecule has 0 aliphatic carbocycles. The molecule has 5 atom stereocenters. The predicted octanol–water partition coefficient (Wildman–Crippen LogP) is -2.33. The average molecular weight is 328 g/mol. The van der Waals surface area contributed by atoms with Crippen LogP contribution in [0.2, 0.25) is 0 Å². The van der Waals surface area contributed by atoms with E-state index < -0.39 is 36.9 Å². The molecule has 0 heterocycles. The zero-order valence-corrected chi connectivity index (χ0v) is 12.8. The molecular formula is C15H24N2O6. The monoisotopic (exact) mass is 328 g/mol. The van der Waals surface area contributed by atoms with Crippen molar-refractivity contribution in [2.75, 3.05) is 6.61 Å². The lowest BCUT2D eigenvalue weighted by atomic mass is 10.0. The molecule has 0 radical (unpaired) electrons. The van der Waals surface area contributed by atoms with Crippen molar-refractivity contribution in [2.45, 2.75) is 43.8 Å². The largest absolute Gasteiger partial charge is 0.394 e. The van der Waals surface area contributed by atoms with Gasteiger partial charge in [-0.3, -0.25) is 10.2 Å². The summed E-state index contributed by atoms with van der Waals surface area (Å²) in [5.41, 5.74) is 5.98. The topological polar surface area (TPSA) is 142 Å². The highest BCUT2D eigenvalue weighted by Gasteiger charge is 2.34. The molecule has 0 saturated carbocycles. The molecule has 130 valence electrons. The summed E-state index contributed by atoms with van der Waals surface area (Å²) in [7, 11) is 0. The van der Waals surface area contributed by atoms with Crippen LogP contribution in [0.25, 0.3) is 0 Å². The molecule has 1 rings (SSSR count). The summed E-state index contributed by atoms with van der Waals surface area (Å²) < 4.78 is 0. The van der Waals surface area contributed by atoms with Gasteiger partial charge in [0.1, 0.15) is 18.3 Å². The maximum absolute atomic E-state index is 11.7. The first-order valence-electron chi connectivity index (χ1n) is 7.29. The molecule has 0 saturated heterocycles. The smallest absolute Gasteiger partial charge is 0.265 e. The second kappa shape index (κ2) is 9.56. The Kier molecular flexibility index (Phi) is 8.10. The normalized spacial score (nSPS) is 17.8. The van der Waals surface area contributed by atoms with Gasteiger partial charge < -0.3 is 25.5 Å². The number of benzene rings is 1. The molecule has 7 N–H and O–H groups in total. The van der Waals surface area contributed by atoms with Crippen molar-refractivity contribution >= 4 is 5.91 Å². The van der Waals surface area contributed by atoms with Gasteiger partial charge in [-0.2, -0.15) is 0 Å². The van der Waals surface area contributed by atoms with Gasteiger partial charge in [0, 0.05) is 6.04 Å². The van der Waals surface area contributed by atoms with Gasteiger partial charge in [-0.15, -0.1) is 0 Å². The number of rotatable bonds is 9. The minimum atomic E-state index is -1.96. The van der Waals surface area contributed by atoms with E-state index in [1.165, 1.54) is 0 Å². The van der Waals surface area contributed by atoms with Crippen LogP contribution in [0.1, 0.15) is 12.5 Å². The van der Waals surface area contributed by atoms with Crippen molar-refractivity contribution in [1.82, 2.24) is 10.9 Å². The fraction of sp³-hybridized carbons (Fsp3) is 0.533. The molecule has 1 amide bonds. The molecule has 0 aromatic heterocycles. The first kappa shape index (κ1) is 19.5. The Morgan fingerprint density at radius 1 is 1.09 bits per heavy atom. The Bertz CT molecular complexity index is 472. The van der Waals surface area contributed by atoms with E-state index in [1.807, 2.05) is 37.3 Å². The predicted molar refractivity (Wildman–Crippen MR) is 82.0 cm³/mol. The van der Waals surface area contributed by atoms with E-state index >= 15 is 0 Å². The van der Waals surface area contributed by atoms with Crippen LogP contribution in [-0.4, -0.2) is 68.5 Å². The number of aliphatic hydroxyl groups is 5. The van der Waals surface area contributed by atoms with E-state index in [0.29, 0.717) is 6.42 Å². The molecule has 0 bridgehead atoms. The van der Waals surface area contributed by atoms with Crippen LogP contribution < -0.4 is 10.9 Å². The fourth-order valence-corrected chi connectivity index (χ4v) is 1.96. The number of hydrogen-bond acceptors (Lipinski definition) is 7. The van der Waals surface area contributed by atoms with E-state index in [2.05, 4.69) is 10.9 Å². The summed E-state index contributed by atoms with van der Waals surface area (Å²) in [4.78, 5) is 11.7. The average Bonchev–Trinajstić information content (AvgIpc) is 2.57.